The summed E-state index contributed by atoms with van der Waals surface area (Å²) in [4.78, 5) is 14.0. The second kappa shape index (κ2) is 6.99. The van der Waals surface area contributed by atoms with Gasteiger partial charge < -0.3 is 5.73 Å². The van der Waals surface area contributed by atoms with Gasteiger partial charge in [0.2, 0.25) is 5.95 Å². The van der Waals surface area contributed by atoms with Crippen LogP contribution in [-0.4, -0.2) is 15.0 Å². The molecule has 1 aliphatic carbocycles. The molecule has 0 bridgehead atoms. The SMILES string of the molecule is Nc1nc(-c2ccccc2)c2nc(C3(c4ccccc4)C=CC=CC3)ccc2n1. The summed E-state index contributed by atoms with van der Waals surface area (Å²) >= 11 is 0. The molecule has 4 heteroatoms. The summed E-state index contributed by atoms with van der Waals surface area (Å²) < 4.78 is 0. The summed E-state index contributed by atoms with van der Waals surface area (Å²) in [5.41, 5.74) is 11.1. The number of hydrogen-bond donors (Lipinski definition) is 1. The maximum Gasteiger partial charge on any atom is 0.221 e. The number of pyridine rings is 1. The van der Waals surface area contributed by atoms with Gasteiger partial charge in [-0.2, -0.15) is 0 Å². The maximum atomic E-state index is 5.99. The topological polar surface area (TPSA) is 64.7 Å². The molecule has 2 heterocycles. The van der Waals surface area contributed by atoms with Gasteiger partial charge in [0, 0.05) is 5.56 Å². The van der Waals surface area contributed by atoms with Crippen LogP contribution in [0.25, 0.3) is 22.3 Å². The molecule has 4 nitrogen and oxygen atoms in total. The second-order valence-corrected chi connectivity index (χ2v) is 7.19. The van der Waals surface area contributed by atoms with Crippen LogP contribution < -0.4 is 5.73 Å². The zero-order valence-electron chi connectivity index (χ0n) is 15.9. The van der Waals surface area contributed by atoms with Crippen molar-refractivity contribution in [1.82, 2.24) is 15.0 Å². The number of hydrogen-bond acceptors (Lipinski definition) is 4. The summed E-state index contributed by atoms with van der Waals surface area (Å²) in [5.74, 6) is 0.254. The standard InChI is InChI=1S/C25H20N4/c26-24-27-20-14-15-21(28-23(20)22(29-24)18-10-4-1-5-11-18)25(16-8-3-9-17-25)19-12-6-2-7-13-19/h1-16H,17H2,(H2,26,27,29). The zero-order chi connectivity index (χ0) is 19.7. The predicted molar refractivity (Wildman–Crippen MR) is 117 cm³/mol. The van der Waals surface area contributed by atoms with E-state index in [2.05, 4.69) is 64.6 Å². The van der Waals surface area contributed by atoms with Gasteiger partial charge in [0.1, 0.15) is 11.2 Å². The molecular formula is C25H20N4. The van der Waals surface area contributed by atoms with Gasteiger partial charge in [0.15, 0.2) is 0 Å². The van der Waals surface area contributed by atoms with Crippen molar-refractivity contribution in [1.29, 1.82) is 0 Å². The molecule has 0 saturated carbocycles. The third-order valence-electron chi connectivity index (χ3n) is 5.42. The van der Waals surface area contributed by atoms with Gasteiger partial charge >= 0.3 is 0 Å². The fourth-order valence-corrected chi connectivity index (χ4v) is 3.99. The molecule has 4 aromatic rings. The highest BCUT2D eigenvalue weighted by Gasteiger charge is 2.33. The van der Waals surface area contributed by atoms with Crippen LogP contribution in [-0.2, 0) is 5.41 Å². The third kappa shape index (κ3) is 2.99. The van der Waals surface area contributed by atoms with Crippen molar-refractivity contribution in [3.63, 3.8) is 0 Å². The maximum absolute atomic E-state index is 5.99. The lowest BCUT2D eigenvalue weighted by Crippen LogP contribution is -2.27. The molecule has 0 amide bonds. The number of anilines is 1. The Hall–Kier alpha value is -3.79. The minimum atomic E-state index is -0.320. The Morgan fingerprint density at radius 1 is 0.759 bits per heavy atom. The molecule has 5 rings (SSSR count). The van der Waals surface area contributed by atoms with Gasteiger partial charge in [-0.05, 0) is 24.1 Å². The molecule has 29 heavy (non-hydrogen) atoms. The molecule has 2 aromatic carbocycles. The number of nitrogens with two attached hydrogens (primary N) is 1. The van der Waals surface area contributed by atoms with E-state index < -0.39 is 0 Å². The number of aromatic nitrogens is 3. The van der Waals surface area contributed by atoms with Crippen LogP contribution in [0.4, 0.5) is 5.95 Å². The van der Waals surface area contributed by atoms with Crippen LogP contribution in [0.2, 0.25) is 0 Å². The van der Waals surface area contributed by atoms with Crippen molar-refractivity contribution in [2.45, 2.75) is 11.8 Å². The normalized spacial score (nSPS) is 18.2. The summed E-state index contributed by atoms with van der Waals surface area (Å²) in [6.45, 7) is 0. The van der Waals surface area contributed by atoms with Gasteiger partial charge in [0.05, 0.1) is 16.6 Å². The van der Waals surface area contributed by atoms with Crippen molar-refractivity contribution in [3.8, 4) is 11.3 Å². The highest BCUT2D eigenvalue weighted by atomic mass is 15.0. The van der Waals surface area contributed by atoms with Gasteiger partial charge in [-0.3, -0.25) is 0 Å². The first-order chi connectivity index (χ1) is 14.3. The largest absolute Gasteiger partial charge is 0.368 e. The fourth-order valence-electron chi connectivity index (χ4n) is 3.99. The van der Waals surface area contributed by atoms with Gasteiger partial charge in [0.25, 0.3) is 0 Å². The van der Waals surface area contributed by atoms with Crippen LogP contribution in [0.3, 0.4) is 0 Å². The molecule has 0 radical (unpaired) electrons. The fraction of sp³-hybridized carbons (Fsp3) is 0.0800. The van der Waals surface area contributed by atoms with E-state index in [9.17, 15) is 0 Å². The Balaban J connectivity index is 1.77. The Morgan fingerprint density at radius 3 is 2.24 bits per heavy atom. The lowest BCUT2D eigenvalue weighted by molar-refractivity contribution is 0.627. The number of benzene rings is 2. The molecular weight excluding hydrogens is 356 g/mol. The Morgan fingerprint density at radius 2 is 1.52 bits per heavy atom. The average molecular weight is 376 g/mol. The van der Waals surface area contributed by atoms with E-state index in [0.717, 1.165) is 34.4 Å². The van der Waals surface area contributed by atoms with E-state index in [4.69, 9.17) is 10.7 Å². The molecule has 2 N–H and O–H groups in total. The summed E-state index contributed by atoms with van der Waals surface area (Å²) in [7, 11) is 0. The molecule has 0 aliphatic heterocycles. The van der Waals surface area contributed by atoms with Crippen molar-refractivity contribution >= 4 is 17.0 Å². The van der Waals surface area contributed by atoms with E-state index in [-0.39, 0.29) is 11.4 Å². The van der Waals surface area contributed by atoms with Crippen molar-refractivity contribution < 1.29 is 0 Å². The van der Waals surface area contributed by atoms with E-state index in [0.29, 0.717) is 0 Å². The Labute approximate surface area is 169 Å². The third-order valence-corrected chi connectivity index (χ3v) is 5.42. The van der Waals surface area contributed by atoms with Crippen LogP contribution in [0.15, 0.2) is 97.1 Å². The van der Waals surface area contributed by atoms with Crippen molar-refractivity contribution in [2.24, 2.45) is 0 Å². The van der Waals surface area contributed by atoms with Gasteiger partial charge in [-0.15, -0.1) is 0 Å². The average Bonchev–Trinajstić information content (AvgIpc) is 2.80. The molecule has 0 saturated heterocycles. The Bertz CT molecular complexity index is 1230. The molecule has 140 valence electrons. The molecule has 1 atom stereocenters. The van der Waals surface area contributed by atoms with Crippen LogP contribution in [0, 0.1) is 0 Å². The quantitative estimate of drug-likeness (QED) is 0.542. The van der Waals surface area contributed by atoms with Crippen LogP contribution in [0.5, 0.6) is 0 Å². The molecule has 2 aromatic heterocycles. The molecule has 1 unspecified atom stereocenters. The van der Waals surface area contributed by atoms with Crippen molar-refractivity contribution in [2.75, 3.05) is 5.73 Å². The van der Waals surface area contributed by atoms with E-state index in [1.54, 1.807) is 0 Å². The minimum Gasteiger partial charge on any atom is -0.368 e. The van der Waals surface area contributed by atoms with Crippen molar-refractivity contribution in [3.05, 3.63) is 108 Å². The first kappa shape index (κ1) is 17.3. The van der Waals surface area contributed by atoms with E-state index in [1.165, 1.54) is 5.56 Å². The smallest absolute Gasteiger partial charge is 0.221 e. The first-order valence-corrected chi connectivity index (χ1v) is 9.66. The zero-order valence-corrected chi connectivity index (χ0v) is 15.9. The lowest BCUT2D eigenvalue weighted by Gasteiger charge is -2.31. The van der Waals surface area contributed by atoms with Gasteiger partial charge in [-0.25, -0.2) is 15.0 Å². The second-order valence-electron chi connectivity index (χ2n) is 7.19. The lowest BCUT2D eigenvalue weighted by atomic mass is 9.72. The highest BCUT2D eigenvalue weighted by Crippen LogP contribution is 2.39. The summed E-state index contributed by atoms with van der Waals surface area (Å²) in [6, 6.07) is 24.6. The monoisotopic (exact) mass is 376 g/mol. The Kier molecular flexibility index (Phi) is 4.17. The van der Waals surface area contributed by atoms with E-state index in [1.807, 2.05) is 42.5 Å². The number of nitrogen functional groups attached to an aromatic ring is 1. The number of fused-ring (bicyclic) bond motifs is 1. The molecule has 0 fully saturated rings. The van der Waals surface area contributed by atoms with E-state index >= 15 is 0 Å². The number of allylic oxidation sites excluding steroid dienone is 4. The van der Waals surface area contributed by atoms with Crippen LogP contribution >= 0.6 is 0 Å². The molecule has 0 spiro atoms. The van der Waals surface area contributed by atoms with Crippen LogP contribution in [0.1, 0.15) is 17.7 Å². The highest BCUT2D eigenvalue weighted by molar-refractivity contribution is 5.90. The molecule has 1 aliphatic rings. The predicted octanol–water partition coefficient (Wildman–Crippen LogP) is 5.08. The first-order valence-electron chi connectivity index (χ1n) is 9.66. The number of nitrogens with zero attached hydrogens (tertiary/aromatic N) is 3. The minimum absolute atomic E-state index is 0.254. The number of rotatable bonds is 3. The van der Waals surface area contributed by atoms with Gasteiger partial charge in [-0.1, -0.05) is 85.0 Å². The summed E-state index contributed by atoms with van der Waals surface area (Å²) in [6.07, 6.45) is 9.46. The summed E-state index contributed by atoms with van der Waals surface area (Å²) in [5, 5.41) is 0.